The quantitative estimate of drug-likeness (QED) is 0.615. The van der Waals surface area contributed by atoms with Crippen LogP contribution in [-0.4, -0.2) is 43.2 Å². The number of pyridine rings is 1. The van der Waals surface area contributed by atoms with E-state index >= 15 is 0 Å². The average molecular weight is 370 g/mol. The predicted octanol–water partition coefficient (Wildman–Crippen LogP) is 2.92. The molecule has 0 atom stereocenters. The maximum atomic E-state index is 12.1. The van der Waals surface area contributed by atoms with Gasteiger partial charge in [-0.1, -0.05) is 23.7 Å². The zero-order valence-corrected chi connectivity index (χ0v) is 14.6. The number of benzene rings is 1. The van der Waals surface area contributed by atoms with E-state index in [4.69, 9.17) is 21.1 Å². The van der Waals surface area contributed by atoms with Gasteiger partial charge in [0, 0.05) is 30.0 Å². The number of rotatable bonds is 3. The molecule has 1 aromatic heterocycles. The van der Waals surface area contributed by atoms with Crippen molar-refractivity contribution >= 4 is 35.2 Å². The molecule has 0 radical (unpaired) electrons. The van der Waals surface area contributed by atoms with E-state index in [-0.39, 0.29) is 11.6 Å². The van der Waals surface area contributed by atoms with Crippen molar-refractivity contribution in [2.24, 2.45) is 4.99 Å². The van der Waals surface area contributed by atoms with Crippen LogP contribution >= 0.6 is 11.6 Å². The number of aromatic nitrogens is 1. The maximum absolute atomic E-state index is 12.1. The minimum absolute atomic E-state index is 0.161. The molecule has 3 heterocycles. The summed E-state index contributed by atoms with van der Waals surface area (Å²) < 4.78 is 10.6. The van der Waals surface area contributed by atoms with Gasteiger partial charge in [-0.25, -0.2) is 9.79 Å². The SMILES string of the molecule is O=C1OC(c2cc(Cl)ccn2)=N/C1=C\c1ccc(N2CCOCC2)cc1. The van der Waals surface area contributed by atoms with Crippen LogP contribution in [0.2, 0.25) is 5.02 Å². The van der Waals surface area contributed by atoms with E-state index in [1.807, 2.05) is 24.3 Å². The zero-order valence-electron chi connectivity index (χ0n) is 13.9. The summed E-state index contributed by atoms with van der Waals surface area (Å²) in [5.74, 6) is -0.340. The molecule has 132 valence electrons. The third kappa shape index (κ3) is 3.61. The fourth-order valence-electron chi connectivity index (χ4n) is 2.80. The van der Waals surface area contributed by atoms with Crippen LogP contribution in [0.5, 0.6) is 0 Å². The van der Waals surface area contributed by atoms with Crippen LogP contribution in [0.25, 0.3) is 6.08 Å². The first-order chi connectivity index (χ1) is 12.7. The van der Waals surface area contributed by atoms with Gasteiger partial charge in [0.05, 0.1) is 13.2 Å². The number of esters is 1. The van der Waals surface area contributed by atoms with Gasteiger partial charge in [0.25, 0.3) is 0 Å². The molecule has 4 rings (SSSR count). The largest absolute Gasteiger partial charge is 0.400 e. The van der Waals surface area contributed by atoms with Crippen molar-refractivity contribution < 1.29 is 14.3 Å². The number of anilines is 1. The summed E-state index contributed by atoms with van der Waals surface area (Å²) in [5, 5.41) is 0.505. The Morgan fingerprint density at radius 1 is 1.12 bits per heavy atom. The van der Waals surface area contributed by atoms with E-state index in [2.05, 4.69) is 14.9 Å². The summed E-state index contributed by atoms with van der Waals surface area (Å²) in [6.07, 6.45) is 3.24. The van der Waals surface area contributed by atoms with Crippen LogP contribution in [0.3, 0.4) is 0 Å². The lowest BCUT2D eigenvalue weighted by atomic mass is 10.1. The van der Waals surface area contributed by atoms with E-state index in [0.717, 1.165) is 37.6 Å². The van der Waals surface area contributed by atoms with Gasteiger partial charge in [0.2, 0.25) is 5.90 Å². The van der Waals surface area contributed by atoms with Crippen LogP contribution in [-0.2, 0) is 14.3 Å². The van der Waals surface area contributed by atoms with Crippen LogP contribution in [0.4, 0.5) is 5.69 Å². The van der Waals surface area contributed by atoms with E-state index in [1.54, 1.807) is 24.4 Å². The number of aliphatic imine (C=N–C) groups is 1. The van der Waals surface area contributed by atoms with Crippen LogP contribution < -0.4 is 4.90 Å². The highest BCUT2D eigenvalue weighted by atomic mass is 35.5. The number of cyclic esters (lactones) is 1. The minimum Gasteiger partial charge on any atom is -0.400 e. The van der Waals surface area contributed by atoms with Gasteiger partial charge in [0.15, 0.2) is 5.70 Å². The van der Waals surface area contributed by atoms with Gasteiger partial charge in [-0.05, 0) is 35.9 Å². The molecule has 2 aromatic rings. The second kappa shape index (κ2) is 7.27. The fourth-order valence-corrected chi connectivity index (χ4v) is 2.96. The van der Waals surface area contributed by atoms with Gasteiger partial charge in [-0.2, -0.15) is 0 Å². The number of ether oxygens (including phenoxy) is 2. The van der Waals surface area contributed by atoms with Crippen molar-refractivity contribution in [1.29, 1.82) is 0 Å². The van der Waals surface area contributed by atoms with Gasteiger partial charge in [-0.3, -0.25) is 4.98 Å². The van der Waals surface area contributed by atoms with Crippen molar-refractivity contribution in [1.82, 2.24) is 4.98 Å². The summed E-state index contributed by atoms with van der Waals surface area (Å²) in [6.45, 7) is 3.25. The topological polar surface area (TPSA) is 64.0 Å². The molecule has 26 heavy (non-hydrogen) atoms. The predicted molar refractivity (Wildman–Crippen MR) is 99.3 cm³/mol. The van der Waals surface area contributed by atoms with E-state index < -0.39 is 5.97 Å². The molecule has 6 nitrogen and oxygen atoms in total. The number of hydrogen-bond donors (Lipinski definition) is 0. The molecule has 2 aliphatic heterocycles. The van der Waals surface area contributed by atoms with E-state index in [0.29, 0.717) is 10.7 Å². The van der Waals surface area contributed by atoms with Crippen molar-refractivity contribution in [2.75, 3.05) is 31.2 Å². The molecule has 1 saturated heterocycles. The van der Waals surface area contributed by atoms with Crippen LogP contribution in [0.15, 0.2) is 53.3 Å². The first kappa shape index (κ1) is 16.8. The molecule has 0 bridgehead atoms. The average Bonchev–Trinajstić information content (AvgIpc) is 3.04. The van der Waals surface area contributed by atoms with Gasteiger partial charge in [0.1, 0.15) is 5.69 Å². The standard InChI is InChI=1S/C19H16ClN3O3/c20-14-5-6-21-16(12-14)18-22-17(19(24)26-18)11-13-1-3-15(4-2-13)23-7-9-25-10-8-23/h1-6,11-12H,7-10H2/b17-11-. The highest BCUT2D eigenvalue weighted by molar-refractivity contribution is 6.31. The van der Waals surface area contributed by atoms with Crippen LogP contribution in [0.1, 0.15) is 11.3 Å². The molecule has 0 saturated carbocycles. The summed E-state index contributed by atoms with van der Waals surface area (Å²) >= 11 is 5.94. The van der Waals surface area contributed by atoms with Crippen molar-refractivity contribution in [3.05, 3.63) is 64.6 Å². The van der Waals surface area contributed by atoms with Crippen molar-refractivity contribution in [3.8, 4) is 0 Å². The Morgan fingerprint density at radius 2 is 1.88 bits per heavy atom. The molecule has 0 unspecified atom stereocenters. The number of carbonyl (C=O) groups excluding carboxylic acids is 1. The highest BCUT2D eigenvalue weighted by Gasteiger charge is 2.25. The summed E-state index contributed by atoms with van der Waals surface area (Å²) in [4.78, 5) is 22.7. The Balaban J connectivity index is 1.54. The Bertz CT molecular complexity index is 887. The summed E-state index contributed by atoms with van der Waals surface area (Å²) in [5.41, 5.74) is 2.67. The molecule has 1 fully saturated rings. The highest BCUT2D eigenvalue weighted by Crippen LogP contribution is 2.22. The first-order valence-electron chi connectivity index (χ1n) is 8.26. The number of carbonyl (C=O) groups is 1. The van der Waals surface area contributed by atoms with E-state index in [1.165, 1.54) is 0 Å². The molecule has 1 aromatic carbocycles. The Labute approximate surface area is 155 Å². The Morgan fingerprint density at radius 3 is 2.62 bits per heavy atom. The Hall–Kier alpha value is -2.70. The van der Waals surface area contributed by atoms with E-state index in [9.17, 15) is 4.79 Å². The van der Waals surface area contributed by atoms with Crippen LogP contribution in [0, 0.1) is 0 Å². The lowest BCUT2D eigenvalue weighted by Crippen LogP contribution is -2.36. The second-order valence-electron chi connectivity index (χ2n) is 5.89. The molecular weight excluding hydrogens is 354 g/mol. The smallest absolute Gasteiger partial charge is 0.363 e. The molecule has 0 aliphatic carbocycles. The van der Waals surface area contributed by atoms with Crippen molar-refractivity contribution in [2.45, 2.75) is 0 Å². The number of nitrogens with zero attached hydrogens (tertiary/aromatic N) is 3. The third-order valence-electron chi connectivity index (χ3n) is 4.13. The van der Waals surface area contributed by atoms with Gasteiger partial charge < -0.3 is 14.4 Å². The minimum atomic E-state index is -0.501. The normalized spacial score (nSPS) is 18.8. The summed E-state index contributed by atoms with van der Waals surface area (Å²) in [6, 6.07) is 11.2. The Kier molecular flexibility index (Phi) is 4.69. The molecular formula is C19H16ClN3O3. The lowest BCUT2D eigenvalue weighted by Gasteiger charge is -2.28. The summed E-state index contributed by atoms with van der Waals surface area (Å²) in [7, 11) is 0. The number of morpholine rings is 1. The molecule has 0 spiro atoms. The number of halogens is 1. The zero-order chi connectivity index (χ0) is 17.9. The molecule has 2 aliphatic rings. The van der Waals surface area contributed by atoms with Gasteiger partial charge >= 0.3 is 5.97 Å². The molecule has 0 N–H and O–H groups in total. The third-order valence-corrected chi connectivity index (χ3v) is 4.37. The molecule has 7 heteroatoms. The second-order valence-corrected chi connectivity index (χ2v) is 6.32. The maximum Gasteiger partial charge on any atom is 0.363 e. The monoisotopic (exact) mass is 369 g/mol. The number of hydrogen-bond acceptors (Lipinski definition) is 6. The molecule has 0 amide bonds. The lowest BCUT2D eigenvalue weighted by molar-refractivity contribution is -0.129. The van der Waals surface area contributed by atoms with Gasteiger partial charge in [-0.15, -0.1) is 0 Å². The fraction of sp³-hybridized carbons (Fsp3) is 0.211. The van der Waals surface area contributed by atoms with Crippen molar-refractivity contribution in [3.63, 3.8) is 0 Å². The first-order valence-corrected chi connectivity index (χ1v) is 8.64.